The van der Waals surface area contributed by atoms with Crippen LogP contribution in [0.4, 0.5) is 10.5 Å². The van der Waals surface area contributed by atoms with Crippen LogP contribution >= 0.6 is 0 Å². The lowest BCUT2D eigenvalue weighted by atomic mass is 9.90. The van der Waals surface area contributed by atoms with E-state index < -0.39 is 18.0 Å². The Hall–Kier alpha value is -2.30. The Labute approximate surface area is 124 Å². The number of rotatable bonds is 5. The maximum absolute atomic E-state index is 12.0. The number of amides is 2. The Balaban J connectivity index is 2.06. The van der Waals surface area contributed by atoms with Crippen molar-refractivity contribution >= 4 is 17.7 Å². The standard InChI is InChI=1S/C16H20N2O3/c1-2-6-14(15(19)20)18-16(21)17-13-10-5-8-11-7-3-4-9-12(11)13/h2,5,8,10,14H,1,3-4,6-7,9H2,(H,19,20)(H2,17,18,21). The molecule has 1 aliphatic carbocycles. The number of benzene rings is 1. The van der Waals surface area contributed by atoms with Gasteiger partial charge in [-0.2, -0.15) is 0 Å². The van der Waals surface area contributed by atoms with Gasteiger partial charge < -0.3 is 15.7 Å². The van der Waals surface area contributed by atoms with Gasteiger partial charge in [-0.3, -0.25) is 0 Å². The van der Waals surface area contributed by atoms with E-state index in [9.17, 15) is 9.59 Å². The maximum atomic E-state index is 12.0. The fourth-order valence-electron chi connectivity index (χ4n) is 2.60. The van der Waals surface area contributed by atoms with Gasteiger partial charge in [0.15, 0.2) is 0 Å². The number of hydrogen-bond donors (Lipinski definition) is 3. The van der Waals surface area contributed by atoms with Crippen molar-refractivity contribution in [3.8, 4) is 0 Å². The number of aliphatic carboxylic acids is 1. The van der Waals surface area contributed by atoms with Crippen molar-refractivity contribution in [1.82, 2.24) is 5.32 Å². The van der Waals surface area contributed by atoms with Crippen molar-refractivity contribution in [2.75, 3.05) is 5.32 Å². The normalized spacial score (nSPS) is 14.7. The van der Waals surface area contributed by atoms with Gasteiger partial charge in [-0.15, -0.1) is 6.58 Å². The minimum atomic E-state index is -1.07. The van der Waals surface area contributed by atoms with E-state index in [1.807, 2.05) is 12.1 Å². The Morgan fingerprint density at radius 1 is 1.33 bits per heavy atom. The molecule has 0 fully saturated rings. The SMILES string of the molecule is C=CCC(NC(=O)Nc1cccc2c1CCCC2)C(=O)O. The summed E-state index contributed by atoms with van der Waals surface area (Å²) in [4.78, 5) is 23.0. The molecule has 1 atom stereocenters. The van der Waals surface area contributed by atoms with Crippen LogP contribution in [0, 0.1) is 0 Å². The Bertz CT molecular complexity index is 554. The summed E-state index contributed by atoms with van der Waals surface area (Å²) in [7, 11) is 0. The topological polar surface area (TPSA) is 78.4 Å². The number of nitrogens with one attached hydrogen (secondary N) is 2. The number of carboxylic acid groups (broad SMARTS) is 1. The van der Waals surface area contributed by atoms with Crippen molar-refractivity contribution in [3.05, 3.63) is 42.0 Å². The number of carboxylic acids is 1. The zero-order valence-electron chi connectivity index (χ0n) is 11.9. The van der Waals surface area contributed by atoms with Crippen LogP contribution in [0.15, 0.2) is 30.9 Å². The summed E-state index contributed by atoms with van der Waals surface area (Å²) < 4.78 is 0. The largest absolute Gasteiger partial charge is 0.480 e. The first-order valence-corrected chi connectivity index (χ1v) is 7.14. The van der Waals surface area contributed by atoms with Gasteiger partial charge >= 0.3 is 12.0 Å². The lowest BCUT2D eigenvalue weighted by Crippen LogP contribution is -2.42. The van der Waals surface area contributed by atoms with E-state index in [2.05, 4.69) is 23.3 Å². The van der Waals surface area contributed by atoms with Gasteiger partial charge in [0.1, 0.15) is 6.04 Å². The highest BCUT2D eigenvalue weighted by atomic mass is 16.4. The Kier molecular flexibility index (Phi) is 4.98. The molecule has 0 saturated heterocycles. The summed E-state index contributed by atoms with van der Waals surface area (Å²) in [6, 6.07) is 4.39. The van der Waals surface area contributed by atoms with E-state index in [0.29, 0.717) is 0 Å². The fraction of sp³-hybridized carbons (Fsp3) is 0.375. The highest BCUT2D eigenvalue weighted by molar-refractivity contribution is 5.93. The molecule has 1 unspecified atom stereocenters. The zero-order chi connectivity index (χ0) is 15.2. The Morgan fingerprint density at radius 3 is 2.81 bits per heavy atom. The molecule has 1 aromatic carbocycles. The minimum absolute atomic E-state index is 0.190. The third-order valence-electron chi connectivity index (χ3n) is 3.65. The van der Waals surface area contributed by atoms with Gasteiger partial charge in [0, 0.05) is 5.69 Å². The number of urea groups is 1. The number of aryl methyl sites for hydroxylation is 1. The molecule has 0 bridgehead atoms. The molecule has 0 spiro atoms. The van der Waals surface area contributed by atoms with E-state index in [1.54, 1.807) is 0 Å². The highest BCUT2D eigenvalue weighted by Gasteiger charge is 2.19. The molecule has 2 rings (SSSR count). The molecule has 5 heteroatoms. The van der Waals surface area contributed by atoms with Crippen molar-refractivity contribution in [2.45, 2.75) is 38.1 Å². The van der Waals surface area contributed by atoms with Crippen molar-refractivity contribution in [3.63, 3.8) is 0 Å². The molecule has 112 valence electrons. The molecule has 1 aliphatic rings. The van der Waals surface area contributed by atoms with E-state index in [0.717, 1.165) is 30.5 Å². The van der Waals surface area contributed by atoms with Crippen molar-refractivity contribution in [2.24, 2.45) is 0 Å². The second kappa shape index (κ2) is 6.92. The van der Waals surface area contributed by atoms with E-state index >= 15 is 0 Å². The van der Waals surface area contributed by atoms with Crippen LogP contribution in [-0.4, -0.2) is 23.1 Å². The minimum Gasteiger partial charge on any atom is -0.480 e. The molecule has 1 aromatic rings. The molecule has 2 amide bonds. The monoisotopic (exact) mass is 288 g/mol. The molecule has 21 heavy (non-hydrogen) atoms. The van der Waals surface area contributed by atoms with Crippen LogP contribution < -0.4 is 10.6 Å². The quantitative estimate of drug-likeness (QED) is 0.729. The van der Waals surface area contributed by atoms with Crippen molar-refractivity contribution < 1.29 is 14.7 Å². The average Bonchev–Trinajstić information content (AvgIpc) is 2.47. The summed E-state index contributed by atoms with van der Waals surface area (Å²) in [5, 5.41) is 14.2. The van der Waals surface area contributed by atoms with Crippen LogP contribution in [0.25, 0.3) is 0 Å². The van der Waals surface area contributed by atoms with Crippen molar-refractivity contribution in [1.29, 1.82) is 0 Å². The highest BCUT2D eigenvalue weighted by Crippen LogP contribution is 2.27. The zero-order valence-corrected chi connectivity index (χ0v) is 11.9. The van der Waals surface area contributed by atoms with Gasteiger partial charge in [-0.25, -0.2) is 9.59 Å². The lowest BCUT2D eigenvalue weighted by molar-refractivity contribution is -0.139. The second-order valence-electron chi connectivity index (χ2n) is 5.16. The Morgan fingerprint density at radius 2 is 2.10 bits per heavy atom. The van der Waals surface area contributed by atoms with Crippen LogP contribution in [0.2, 0.25) is 0 Å². The van der Waals surface area contributed by atoms with Crippen LogP contribution in [0.3, 0.4) is 0 Å². The molecule has 0 radical (unpaired) electrons. The predicted octanol–water partition coefficient (Wildman–Crippen LogP) is 2.72. The van der Waals surface area contributed by atoms with Gasteiger partial charge in [0.25, 0.3) is 0 Å². The number of anilines is 1. The van der Waals surface area contributed by atoms with E-state index in [-0.39, 0.29) is 6.42 Å². The molecular formula is C16H20N2O3. The van der Waals surface area contributed by atoms with Crippen LogP contribution in [-0.2, 0) is 17.6 Å². The van der Waals surface area contributed by atoms with Gasteiger partial charge in [-0.1, -0.05) is 18.2 Å². The number of fused-ring (bicyclic) bond motifs is 1. The summed E-state index contributed by atoms with van der Waals surface area (Å²) >= 11 is 0. The summed E-state index contributed by atoms with van der Waals surface area (Å²) in [5.41, 5.74) is 3.20. The van der Waals surface area contributed by atoms with Crippen LogP contribution in [0.5, 0.6) is 0 Å². The summed E-state index contributed by atoms with van der Waals surface area (Å²) in [6.45, 7) is 3.50. The number of carbonyl (C=O) groups excluding carboxylic acids is 1. The lowest BCUT2D eigenvalue weighted by Gasteiger charge is -2.20. The average molecular weight is 288 g/mol. The molecule has 3 N–H and O–H groups in total. The molecule has 0 aliphatic heterocycles. The number of carbonyl (C=O) groups is 2. The van der Waals surface area contributed by atoms with E-state index in [1.165, 1.54) is 18.1 Å². The molecule has 0 heterocycles. The first-order chi connectivity index (χ1) is 10.1. The third kappa shape index (κ3) is 3.84. The van der Waals surface area contributed by atoms with Gasteiger partial charge in [0.2, 0.25) is 0 Å². The van der Waals surface area contributed by atoms with E-state index in [4.69, 9.17) is 5.11 Å². The van der Waals surface area contributed by atoms with Crippen LogP contribution in [0.1, 0.15) is 30.4 Å². The maximum Gasteiger partial charge on any atom is 0.326 e. The molecule has 0 saturated carbocycles. The first kappa shape index (κ1) is 15.1. The molecular weight excluding hydrogens is 268 g/mol. The van der Waals surface area contributed by atoms with Gasteiger partial charge in [0.05, 0.1) is 0 Å². The predicted molar refractivity (Wildman–Crippen MR) is 81.5 cm³/mol. The first-order valence-electron chi connectivity index (χ1n) is 7.14. The molecule has 5 nitrogen and oxygen atoms in total. The summed E-state index contributed by atoms with van der Waals surface area (Å²) in [5.74, 6) is -1.07. The third-order valence-corrected chi connectivity index (χ3v) is 3.65. The summed E-state index contributed by atoms with van der Waals surface area (Å²) in [6.07, 6.45) is 5.92. The smallest absolute Gasteiger partial charge is 0.326 e. The second-order valence-corrected chi connectivity index (χ2v) is 5.16. The van der Waals surface area contributed by atoms with Gasteiger partial charge in [-0.05, 0) is 49.3 Å². The number of hydrogen-bond acceptors (Lipinski definition) is 2. The molecule has 0 aromatic heterocycles. The fourth-order valence-corrected chi connectivity index (χ4v) is 2.60.